The van der Waals surface area contributed by atoms with E-state index in [9.17, 15) is 13.6 Å². The van der Waals surface area contributed by atoms with Gasteiger partial charge in [-0.15, -0.1) is 11.8 Å². The molecular weight excluding hydrogens is 351 g/mol. The summed E-state index contributed by atoms with van der Waals surface area (Å²) < 4.78 is 26.4. The van der Waals surface area contributed by atoms with Gasteiger partial charge < -0.3 is 5.32 Å². The van der Waals surface area contributed by atoms with Crippen LogP contribution in [0.25, 0.3) is 0 Å². The molecule has 2 rings (SSSR count). The monoisotopic (exact) mass is 361 g/mol. The third-order valence-electron chi connectivity index (χ3n) is 2.74. The molecule has 2 aromatic carbocycles. The number of hydrogen-bond acceptors (Lipinski definition) is 2. The van der Waals surface area contributed by atoms with Gasteiger partial charge in [0.15, 0.2) is 0 Å². The van der Waals surface area contributed by atoms with Crippen LogP contribution in [-0.4, -0.2) is 11.7 Å². The van der Waals surface area contributed by atoms with E-state index in [1.807, 2.05) is 0 Å². The summed E-state index contributed by atoms with van der Waals surface area (Å²) in [6, 6.07) is 8.04. The maximum atomic E-state index is 13.4. The Kier molecular flexibility index (Phi) is 6.06. The Morgan fingerprint density at radius 3 is 2.50 bits per heavy atom. The zero-order valence-electron chi connectivity index (χ0n) is 11.2. The average molecular weight is 362 g/mol. The number of carbonyl (C=O) groups excluding carboxylic acids is 1. The Labute approximate surface area is 140 Å². The molecule has 1 amide bonds. The Morgan fingerprint density at radius 1 is 1.14 bits per heavy atom. The minimum Gasteiger partial charge on any atom is -0.323 e. The van der Waals surface area contributed by atoms with Crippen molar-refractivity contribution in [2.75, 3.05) is 11.1 Å². The predicted molar refractivity (Wildman–Crippen MR) is 87.6 cm³/mol. The van der Waals surface area contributed by atoms with Gasteiger partial charge in [-0.1, -0.05) is 29.3 Å². The van der Waals surface area contributed by atoms with Crippen molar-refractivity contribution in [1.29, 1.82) is 0 Å². The summed E-state index contributed by atoms with van der Waals surface area (Å²) in [6.45, 7) is 0. The molecule has 2 aromatic rings. The third kappa shape index (κ3) is 4.60. The first-order valence-electron chi connectivity index (χ1n) is 6.23. The highest BCUT2D eigenvalue weighted by Crippen LogP contribution is 2.28. The van der Waals surface area contributed by atoms with Gasteiger partial charge in [-0.2, -0.15) is 0 Å². The topological polar surface area (TPSA) is 29.1 Å². The molecule has 0 spiro atoms. The largest absolute Gasteiger partial charge is 0.323 e. The van der Waals surface area contributed by atoms with E-state index < -0.39 is 17.5 Å². The number of nitrogens with one attached hydrogen (secondary N) is 1. The van der Waals surface area contributed by atoms with Crippen LogP contribution >= 0.6 is 35.0 Å². The quantitative estimate of drug-likeness (QED) is 0.798. The number of benzene rings is 2. The molecule has 7 heteroatoms. The van der Waals surface area contributed by atoms with E-state index in [2.05, 4.69) is 5.32 Å². The summed E-state index contributed by atoms with van der Waals surface area (Å²) in [6.07, 6.45) is 0. The van der Waals surface area contributed by atoms with Gasteiger partial charge in [0, 0.05) is 21.9 Å². The number of hydrogen-bond donors (Lipinski definition) is 1. The Hall–Kier alpha value is -1.30. The summed E-state index contributed by atoms with van der Waals surface area (Å²) in [4.78, 5) is 11.7. The summed E-state index contributed by atoms with van der Waals surface area (Å²) in [5, 5.41) is 3.38. The van der Waals surface area contributed by atoms with Crippen molar-refractivity contribution in [3.8, 4) is 0 Å². The van der Waals surface area contributed by atoms with Gasteiger partial charge in [0.05, 0.1) is 11.4 Å². The molecule has 0 unspecified atom stereocenters. The molecular formula is C15H11Cl2F2NOS. The molecule has 0 aliphatic carbocycles. The lowest BCUT2D eigenvalue weighted by Crippen LogP contribution is -2.15. The molecule has 0 saturated carbocycles. The third-order valence-corrected chi connectivity index (χ3v) is 4.41. The maximum Gasteiger partial charge on any atom is 0.234 e. The van der Waals surface area contributed by atoms with E-state index in [0.29, 0.717) is 15.8 Å². The predicted octanol–water partition coefficient (Wildman–Crippen LogP) is 5.14. The van der Waals surface area contributed by atoms with Crippen LogP contribution in [0.15, 0.2) is 36.4 Å². The molecule has 116 valence electrons. The minimum atomic E-state index is -0.686. The van der Waals surface area contributed by atoms with Crippen LogP contribution in [0.2, 0.25) is 10.0 Å². The van der Waals surface area contributed by atoms with Crippen LogP contribution in [0.5, 0.6) is 0 Å². The van der Waals surface area contributed by atoms with Crippen molar-refractivity contribution >= 4 is 46.6 Å². The lowest BCUT2D eigenvalue weighted by molar-refractivity contribution is -0.113. The van der Waals surface area contributed by atoms with Crippen LogP contribution in [0, 0.1) is 11.6 Å². The number of carbonyl (C=O) groups is 1. The van der Waals surface area contributed by atoms with Crippen LogP contribution in [0.4, 0.5) is 14.5 Å². The lowest BCUT2D eigenvalue weighted by Gasteiger charge is -2.08. The Bertz CT molecular complexity index is 677. The molecule has 0 atom stereocenters. The highest BCUT2D eigenvalue weighted by Gasteiger charge is 2.10. The number of thioether (sulfide) groups is 1. The van der Waals surface area contributed by atoms with Gasteiger partial charge in [-0.25, -0.2) is 8.78 Å². The van der Waals surface area contributed by atoms with Gasteiger partial charge in [0.25, 0.3) is 0 Å². The highest BCUT2D eigenvalue weighted by atomic mass is 35.5. The Morgan fingerprint density at radius 2 is 1.82 bits per heavy atom. The zero-order chi connectivity index (χ0) is 16.1. The molecule has 0 heterocycles. The smallest absolute Gasteiger partial charge is 0.234 e. The van der Waals surface area contributed by atoms with Crippen molar-refractivity contribution in [3.05, 3.63) is 63.6 Å². The van der Waals surface area contributed by atoms with Gasteiger partial charge in [0.2, 0.25) is 5.91 Å². The van der Waals surface area contributed by atoms with Crippen LogP contribution < -0.4 is 5.32 Å². The first-order chi connectivity index (χ1) is 10.5. The summed E-state index contributed by atoms with van der Waals surface area (Å²) >= 11 is 13.3. The fourth-order valence-electron chi connectivity index (χ4n) is 1.70. The summed E-state index contributed by atoms with van der Waals surface area (Å²) in [7, 11) is 0. The van der Waals surface area contributed by atoms with E-state index in [4.69, 9.17) is 23.2 Å². The molecule has 0 bridgehead atoms. The average Bonchev–Trinajstić information content (AvgIpc) is 2.46. The molecule has 2 nitrogen and oxygen atoms in total. The second kappa shape index (κ2) is 7.81. The minimum absolute atomic E-state index is 0.0670. The van der Waals surface area contributed by atoms with Crippen LogP contribution in [-0.2, 0) is 10.5 Å². The first kappa shape index (κ1) is 17.1. The SMILES string of the molecule is O=C(CSCc1c(Cl)cccc1Cl)Nc1cc(F)ccc1F. The number of amides is 1. The van der Waals surface area contributed by atoms with Crippen LogP contribution in [0.1, 0.15) is 5.56 Å². The fourth-order valence-corrected chi connectivity index (χ4v) is 3.26. The van der Waals surface area contributed by atoms with Crippen molar-refractivity contribution in [2.24, 2.45) is 0 Å². The van der Waals surface area contributed by atoms with E-state index >= 15 is 0 Å². The van der Waals surface area contributed by atoms with E-state index in [1.165, 1.54) is 11.8 Å². The zero-order valence-corrected chi connectivity index (χ0v) is 13.5. The molecule has 0 aliphatic heterocycles. The Balaban J connectivity index is 1.89. The van der Waals surface area contributed by atoms with E-state index in [0.717, 1.165) is 23.8 Å². The molecule has 0 saturated heterocycles. The fraction of sp³-hybridized carbons (Fsp3) is 0.133. The number of anilines is 1. The molecule has 0 radical (unpaired) electrons. The molecule has 0 aliphatic rings. The van der Waals surface area contributed by atoms with E-state index in [-0.39, 0.29) is 11.4 Å². The van der Waals surface area contributed by atoms with Crippen molar-refractivity contribution in [1.82, 2.24) is 0 Å². The van der Waals surface area contributed by atoms with Gasteiger partial charge in [-0.3, -0.25) is 4.79 Å². The maximum absolute atomic E-state index is 13.4. The summed E-state index contributed by atoms with van der Waals surface area (Å²) in [5.41, 5.74) is 0.557. The highest BCUT2D eigenvalue weighted by molar-refractivity contribution is 7.99. The van der Waals surface area contributed by atoms with E-state index in [1.54, 1.807) is 18.2 Å². The molecule has 22 heavy (non-hydrogen) atoms. The number of rotatable bonds is 5. The first-order valence-corrected chi connectivity index (χ1v) is 8.14. The lowest BCUT2D eigenvalue weighted by atomic mass is 10.2. The van der Waals surface area contributed by atoms with Gasteiger partial charge in [-0.05, 0) is 29.8 Å². The van der Waals surface area contributed by atoms with Gasteiger partial charge >= 0.3 is 0 Å². The van der Waals surface area contributed by atoms with Crippen molar-refractivity contribution < 1.29 is 13.6 Å². The van der Waals surface area contributed by atoms with Crippen molar-refractivity contribution in [3.63, 3.8) is 0 Å². The second-order valence-corrected chi connectivity index (χ2v) is 6.17. The summed E-state index contributed by atoms with van der Waals surface area (Å²) in [5.74, 6) is -1.23. The van der Waals surface area contributed by atoms with Crippen molar-refractivity contribution in [2.45, 2.75) is 5.75 Å². The molecule has 0 aromatic heterocycles. The van der Waals surface area contributed by atoms with Crippen LogP contribution in [0.3, 0.4) is 0 Å². The molecule has 0 fully saturated rings. The van der Waals surface area contributed by atoms with Gasteiger partial charge in [0.1, 0.15) is 11.6 Å². The second-order valence-electron chi connectivity index (χ2n) is 4.37. The normalized spacial score (nSPS) is 10.5. The number of halogens is 4. The molecule has 1 N–H and O–H groups in total. The standard InChI is InChI=1S/C15H11Cl2F2NOS/c16-11-2-1-3-12(17)10(11)7-22-8-15(21)20-14-6-9(18)4-5-13(14)19/h1-6H,7-8H2,(H,20,21).